The highest BCUT2D eigenvalue weighted by Crippen LogP contribution is 2.35. The number of carbonyl (C=O) groups is 1. The van der Waals surface area contributed by atoms with Crippen molar-refractivity contribution >= 4 is 22.7 Å². The van der Waals surface area contributed by atoms with Gasteiger partial charge >= 0.3 is 0 Å². The third-order valence-electron chi connectivity index (χ3n) is 4.20. The standard InChI is InChI=1S/C18H17N5O2/c1-13-11-18(25,14-7-3-2-4-8-14)23(19-13)17(24)12-22-20-15-9-5-6-10-16(15)21-22/h2-10,25H,11-12H2,1H3/t18-/m1/s1. The highest BCUT2D eigenvalue weighted by molar-refractivity contribution is 5.89. The van der Waals surface area contributed by atoms with Crippen LogP contribution in [0.1, 0.15) is 18.9 Å². The predicted octanol–water partition coefficient (Wildman–Crippen LogP) is 1.88. The van der Waals surface area contributed by atoms with Gasteiger partial charge in [0.25, 0.3) is 5.91 Å². The molecule has 25 heavy (non-hydrogen) atoms. The predicted molar refractivity (Wildman–Crippen MR) is 92.4 cm³/mol. The molecule has 0 fully saturated rings. The van der Waals surface area contributed by atoms with Crippen molar-refractivity contribution in [2.45, 2.75) is 25.6 Å². The SMILES string of the molecule is CC1=NN(C(=O)Cn2nc3ccccc3n2)[C@](O)(c2ccccc2)C1. The molecule has 3 aromatic rings. The molecule has 0 saturated heterocycles. The number of amides is 1. The Hall–Kier alpha value is -3.06. The van der Waals surface area contributed by atoms with Crippen LogP contribution >= 0.6 is 0 Å². The second-order valence-electron chi connectivity index (χ2n) is 6.12. The van der Waals surface area contributed by atoms with E-state index in [2.05, 4.69) is 15.3 Å². The van der Waals surface area contributed by atoms with E-state index in [1.165, 1.54) is 4.80 Å². The zero-order valence-electron chi connectivity index (χ0n) is 13.7. The Kier molecular flexibility index (Phi) is 3.58. The van der Waals surface area contributed by atoms with Gasteiger partial charge in [0.05, 0.1) is 0 Å². The maximum Gasteiger partial charge on any atom is 0.269 e. The van der Waals surface area contributed by atoms with Crippen LogP contribution in [-0.2, 0) is 17.1 Å². The second kappa shape index (κ2) is 5.78. The van der Waals surface area contributed by atoms with E-state index in [1.807, 2.05) is 42.5 Å². The van der Waals surface area contributed by atoms with Crippen LogP contribution in [-0.4, -0.2) is 36.7 Å². The third kappa shape index (κ3) is 2.68. The molecule has 2 heterocycles. The molecule has 0 spiro atoms. The molecule has 1 aliphatic heterocycles. The number of hydrogen-bond acceptors (Lipinski definition) is 5. The van der Waals surface area contributed by atoms with Crippen LogP contribution in [0.4, 0.5) is 0 Å². The second-order valence-corrected chi connectivity index (χ2v) is 6.12. The van der Waals surface area contributed by atoms with Gasteiger partial charge in [-0.3, -0.25) is 4.79 Å². The first kappa shape index (κ1) is 15.5. The quantitative estimate of drug-likeness (QED) is 0.792. The molecule has 1 aliphatic rings. The van der Waals surface area contributed by atoms with Gasteiger partial charge in [0.2, 0.25) is 0 Å². The molecule has 1 amide bonds. The first-order valence-corrected chi connectivity index (χ1v) is 8.01. The van der Waals surface area contributed by atoms with Crippen LogP contribution in [0.15, 0.2) is 59.7 Å². The van der Waals surface area contributed by atoms with Gasteiger partial charge < -0.3 is 5.11 Å². The van der Waals surface area contributed by atoms with Gasteiger partial charge in [0.15, 0.2) is 5.72 Å². The van der Waals surface area contributed by atoms with Crippen molar-refractivity contribution in [2.24, 2.45) is 5.10 Å². The molecule has 1 aromatic heterocycles. The fraction of sp³-hybridized carbons (Fsp3) is 0.222. The number of aliphatic hydroxyl groups is 1. The maximum absolute atomic E-state index is 12.8. The van der Waals surface area contributed by atoms with Crippen LogP contribution < -0.4 is 0 Å². The van der Waals surface area contributed by atoms with E-state index >= 15 is 0 Å². The lowest BCUT2D eigenvalue weighted by Gasteiger charge is -2.31. The van der Waals surface area contributed by atoms with Crippen molar-refractivity contribution in [3.8, 4) is 0 Å². The smallest absolute Gasteiger partial charge is 0.269 e. The van der Waals surface area contributed by atoms with Gasteiger partial charge in [0, 0.05) is 17.7 Å². The first-order valence-electron chi connectivity index (χ1n) is 8.01. The Bertz CT molecular complexity index is 933. The molecule has 0 radical (unpaired) electrons. The summed E-state index contributed by atoms with van der Waals surface area (Å²) >= 11 is 0. The summed E-state index contributed by atoms with van der Waals surface area (Å²) in [6.07, 6.45) is 0.275. The van der Waals surface area contributed by atoms with E-state index in [1.54, 1.807) is 19.1 Å². The van der Waals surface area contributed by atoms with Crippen molar-refractivity contribution < 1.29 is 9.90 Å². The van der Waals surface area contributed by atoms with E-state index in [0.29, 0.717) is 11.3 Å². The molecular formula is C18H17N5O2. The van der Waals surface area contributed by atoms with Crippen molar-refractivity contribution in [2.75, 3.05) is 0 Å². The maximum atomic E-state index is 12.8. The van der Waals surface area contributed by atoms with Gasteiger partial charge in [-0.2, -0.15) is 25.1 Å². The number of aromatic nitrogens is 3. The summed E-state index contributed by atoms with van der Waals surface area (Å²) in [5.41, 5.74) is 1.28. The topological polar surface area (TPSA) is 83.6 Å². The molecular weight excluding hydrogens is 318 g/mol. The van der Waals surface area contributed by atoms with E-state index in [4.69, 9.17) is 0 Å². The summed E-state index contributed by atoms with van der Waals surface area (Å²) in [6, 6.07) is 16.5. The molecule has 0 bridgehead atoms. The Morgan fingerprint density at radius 3 is 2.32 bits per heavy atom. The average Bonchev–Trinajstić information content (AvgIpc) is 3.16. The number of fused-ring (bicyclic) bond motifs is 1. The average molecular weight is 335 g/mol. The van der Waals surface area contributed by atoms with Gasteiger partial charge in [-0.25, -0.2) is 0 Å². The fourth-order valence-electron chi connectivity index (χ4n) is 3.07. The molecule has 126 valence electrons. The lowest BCUT2D eigenvalue weighted by molar-refractivity contribution is -0.158. The van der Waals surface area contributed by atoms with E-state index < -0.39 is 5.72 Å². The van der Waals surface area contributed by atoms with Gasteiger partial charge in [-0.05, 0) is 19.1 Å². The van der Waals surface area contributed by atoms with E-state index in [0.717, 1.165) is 16.0 Å². The van der Waals surface area contributed by atoms with Crippen LogP contribution in [0.3, 0.4) is 0 Å². The van der Waals surface area contributed by atoms with Gasteiger partial charge in [-0.15, -0.1) is 0 Å². The molecule has 0 saturated carbocycles. The van der Waals surface area contributed by atoms with Crippen LogP contribution in [0, 0.1) is 0 Å². The summed E-state index contributed by atoms with van der Waals surface area (Å²) < 4.78 is 0. The number of hydrazone groups is 1. The number of rotatable bonds is 3. The van der Waals surface area contributed by atoms with Crippen molar-refractivity contribution in [3.05, 3.63) is 60.2 Å². The molecule has 0 unspecified atom stereocenters. The number of hydrogen-bond donors (Lipinski definition) is 1. The fourth-order valence-corrected chi connectivity index (χ4v) is 3.07. The summed E-state index contributed by atoms with van der Waals surface area (Å²) in [5, 5.41) is 25.1. The summed E-state index contributed by atoms with van der Waals surface area (Å²) in [5.74, 6) is -0.372. The zero-order valence-corrected chi connectivity index (χ0v) is 13.7. The molecule has 7 nitrogen and oxygen atoms in total. The largest absolute Gasteiger partial charge is 0.365 e. The van der Waals surface area contributed by atoms with Crippen LogP contribution in [0.5, 0.6) is 0 Å². The molecule has 1 atom stereocenters. The minimum Gasteiger partial charge on any atom is -0.365 e. The highest BCUT2D eigenvalue weighted by Gasteiger charge is 2.44. The monoisotopic (exact) mass is 335 g/mol. The molecule has 4 rings (SSSR count). The van der Waals surface area contributed by atoms with Crippen molar-refractivity contribution in [1.82, 2.24) is 20.0 Å². The number of benzene rings is 2. The Labute approximate surface area is 144 Å². The Balaban J connectivity index is 1.63. The molecule has 2 aromatic carbocycles. The van der Waals surface area contributed by atoms with Crippen molar-refractivity contribution in [1.29, 1.82) is 0 Å². The van der Waals surface area contributed by atoms with Crippen LogP contribution in [0.2, 0.25) is 0 Å². The van der Waals surface area contributed by atoms with Gasteiger partial charge in [0.1, 0.15) is 17.6 Å². The zero-order chi connectivity index (χ0) is 17.4. The summed E-state index contributed by atoms with van der Waals surface area (Å²) in [6.45, 7) is 1.70. The Morgan fingerprint density at radius 1 is 1.08 bits per heavy atom. The minimum absolute atomic E-state index is 0.0966. The highest BCUT2D eigenvalue weighted by atomic mass is 16.3. The minimum atomic E-state index is -1.48. The lowest BCUT2D eigenvalue weighted by Crippen LogP contribution is -2.45. The molecule has 1 N–H and O–H groups in total. The van der Waals surface area contributed by atoms with Crippen molar-refractivity contribution in [3.63, 3.8) is 0 Å². The Morgan fingerprint density at radius 2 is 1.68 bits per heavy atom. The molecule has 7 heteroatoms. The summed E-state index contributed by atoms with van der Waals surface area (Å²) in [4.78, 5) is 14.1. The first-order chi connectivity index (χ1) is 12.1. The number of carbonyl (C=O) groups excluding carboxylic acids is 1. The summed E-state index contributed by atoms with van der Waals surface area (Å²) in [7, 11) is 0. The third-order valence-corrected chi connectivity index (χ3v) is 4.20. The normalized spacial score (nSPS) is 20.1. The molecule has 0 aliphatic carbocycles. The van der Waals surface area contributed by atoms with E-state index in [9.17, 15) is 9.90 Å². The van der Waals surface area contributed by atoms with Crippen LogP contribution in [0.25, 0.3) is 11.0 Å². The van der Waals surface area contributed by atoms with E-state index in [-0.39, 0.29) is 18.9 Å². The lowest BCUT2D eigenvalue weighted by atomic mass is 9.98. The number of nitrogens with zero attached hydrogens (tertiary/aromatic N) is 5. The van der Waals surface area contributed by atoms with Gasteiger partial charge in [-0.1, -0.05) is 42.5 Å².